The fourth-order valence-electron chi connectivity index (χ4n) is 2.29. The van der Waals surface area contributed by atoms with Crippen LogP contribution in [0.1, 0.15) is 26.5 Å². The minimum absolute atomic E-state index is 0.271. The predicted molar refractivity (Wildman–Crippen MR) is 98.4 cm³/mol. The molecule has 3 aromatic rings. The van der Waals surface area contributed by atoms with Crippen LogP contribution in [-0.2, 0) is 13.2 Å². The van der Waals surface area contributed by atoms with Crippen molar-refractivity contribution < 1.29 is 14.6 Å². The molecule has 0 amide bonds. The van der Waals surface area contributed by atoms with Crippen LogP contribution >= 0.6 is 11.3 Å². The first-order valence-corrected chi connectivity index (χ1v) is 8.64. The topological polar surface area (TPSA) is 71.5 Å². The Labute approximate surface area is 149 Å². The number of aromatic nitrogens is 1. The van der Waals surface area contributed by atoms with Gasteiger partial charge in [-0.3, -0.25) is 0 Å². The Morgan fingerprint density at radius 2 is 1.84 bits per heavy atom. The van der Waals surface area contributed by atoms with Crippen molar-refractivity contribution in [3.63, 3.8) is 0 Å². The van der Waals surface area contributed by atoms with E-state index in [1.807, 2.05) is 54.6 Å². The van der Waals surface area contributed by atoms with Crippen LogP contribution < -0.4 is 10.1 Å². The van der Waals surface area contributed by atoms with E-state index in [0.717, 1.165) is 28.2 Å². The van der Waals surface area contributed by atoms with Crippen LogP contribution in [0.3, 0.4) is 0 Å². The largest absolute Gasteiger partial charge is 0.489 e. The molecule has 0 atom stereocenters. The van der Waals surface area contributed by atoms with Gasteiger partial charge in [-0.1, -0.05) is 53.8 Å². The first kappa shape index (κ1) is 17.0. The monoisotopic (exact) mass is 354 g/mol. The average molecular weight is 354 g/mol. The van der Waals surface area contributed by atoms with Crippen molar-refractivity contribution in [2.75, 3.05) is 5.32 Å². The maximum absolute atomic E-state index is 11.0. The smallest absolute Gasteiger partial charge is 0.347 e. The summed E-state index contributed by atoms with van der Waals surface area (Å²) in [6.45, 7) is 2.81. The summed E-state index contributed by atoms with van der Waals surface area (Å²) >= 11 is 1.15. The lowest BCUT2D eigenvalue weighted by Gasteiger charge is -2.08. The molecule has 5 nitrogen and oxygen atoms in total. The number of hydrogen-bond acceptors (Lipinski definition) is 5. The van der Waals surface area contributed by atoms with E-state index in [0.29, 0.717) is 24.0 Å². The van der Waals surface area contributed by atoms with Gasteiger partial charge in [-0.15, -0.1) is 0 Å². The Balaban J connectivity index is 1.54. The molecule has 0 radical (unpaired) electrons. The first-order chi connectivity index (χ1) is 12.1. The second-order valence-electron chi connectivity index (χ2n) is 5.51. The van der Waals surface area contributed by atoms with Crippen LogP contribution in [0.2, 0.25) is 0 Å². The first-order valence-electron chi connectivity index (χ1n) is 7.82. The molecule has 25 heavy (non-hydrogen) atoms. The van der Waals surface area contributed by atoms with Gasteiger partial charge in [0, 0.05) is 6.54 Å². The fourth-order valence-corrected chi connectivity index (χ4v) is 3.09. The highest BCUT2D eigenvalue weighted by Crippen LogP contribution is 2.23. The SMILES string of the molecule is Cc1nc(NCc2ccc(OCc3ccccc3)cc2)sc1C(=O)O. The van der Waals surface area contributed by atoms with E-state index in [9.17, 15) is 4.79 Å². The number of hydrogen-bond donors (Lipinski definition) is 2. The molecule has 2 N–H and O–H groups in total. The van der Waals surface area contributed by atoms with Gasteiger partial charge >= 0.3 is 5.97 Å². The Hall–Kier alpha value is -2.86. The normalized spacial score (nSPS) is 10.4. The second-order valence-corrected chi connectivity index (χ2v) is 6.51. The third-order valence-corrected chi connectivity index (χ3v) is 4.71. The number of aryl methyl sites for hydroxylation is 1. The van der Waals surface area contributed by atoms with Gasteiger partial charge in [0.1, 0.15) is 17.2 Å². The molecular formula is C19H18N2O3S. The van der Waals surface area contributed by atoms with Gasteiger partial charge < -0.3 is 15.2 Å². The summed E-state index contributed by atoms with van der Waals surface area (Å²) in [7, 11) is 0. The van der Waals surface area contributed by atoms with Crippen LogP contribution in [0.15, 0.2) is 54.6 Å². The van der Waals surface area contributed by atoms with E-state index in [2.05, 4.69) is 10.3 Å². The van der Waals surface area contributed by atoms with E-state index in [1.54, 1.807) is 6.92 Å². The van der Waals surface area contributed by atoms with Gasteiger partial charge in [0.2, 0.25) is 0 Å². The van der Waals surface area contributed by atoms with Crippen molar-refractivity contribution in [3.8, 4) is 5.75 Å². The number of anilines is 1. The number of ether oxygens (including phenoxy) is 1. The summed E-state index contributed by atoms with van der Waals surface area (Å²) in [5.74, 6) is -0.131. The van der Waals surface area contributed by atoms with Crippen molar-refractivity contribution in [2.24, 2.45) is 0 Å². The third-order valence-electron chi connectivity index (χ3n) is 3.61. The Morgan fingerprint density at radius 1 is 1.12 bits per heavy atom. The number of nitrogens with zero attached hydrogens (tertiary/aromatic N) is 1. The number of aromatic carboxylic acids is 1. The molecular weight excluding hydrogens is 336 g/mol. The average Bonchev–Trinajstić information content (AvgIpc) is 3.01. The van der Waals surface area contributed by atoms with Crippen molar-refractivity contribution in [2.45, 2.75) is 20.1 Å². The number of carboxylic acid groups (broad SMARTS) is 1. The molecule has 2 aromatic carbocycles. The zero-order chi connectivity index (χ0) is 17.6. The van der Waals surface area contributed by atoms with Crippen molar-refractivity contribution >= 4 is 22.4 Å². The number of thiazole rings is 1. The lowest BCUT2D eigenvalue weighted by molar-refractivity contribution is 0.0701. The standard InChI is InChI=1S/C19H18N2O3S/c1-13-17(18(22)23)25-19(21-13)20-11-14-7-9-16(10-8-14)24-12-15-5-3-2-4-6-15/h2-10H,11-12H2,1H3,(H,20,21)(H,22,23). The number of nitrogens with one attached hydrogen (secondary N) is 1. The third kappa shape index (κ3) is 4.58. The Morgan fingerprint density at radius 3 is 2.48 bits per heavy atom. The van der Waals surface area contributed by atoms with Crippen LogP contribution in [0, 0.1) is 6.92 Å². The summed E-state index contributed by atoms with van der Waals surface area (Å²) in [5.41, 5.74) is 2.73. The Kier molecular flexibility index (Phi) is 5.30. The van der Waals surface area contributed by atoms with Gasteiger partial charge in [-0.05, 0) is 30.2 Å². The molecule has 3 rings (SSSR count). The van der Waals surface area contributed by atoms with Gasteiger partial charge in [0.05, 0.1) is 5.69 Å². The van der Waals surface area contributed by atoms with Crippen molar-refractivity contribution in [3.05, 3.63) is 76.3 Å². The maximum atomic E-state index is 11.0. The molecule has 0 aliphatic heterocycles. The minimum atomic E-state index is -0.942. The lowest BCUT2D eigenvalue weighted by atomic mass is 10.2. The molecule has 0 aliphatic rings. The highest BCUT2D eigenvalue weighted by Gasteiger charge is 2.13. The van der Waals surface area contributed by atoms with Gasteiger partial charge in [-0.25, -0.2) is 9.78 Å². The van der Waals surface area contributed by atoms with Crippen molar-refractivity contribution in [1.29, 1.82) is 0 Å². The molecule has 0 bridgehead atoms. The second kappa shape index (κ2) is 7.81. The van der Waals surface area contributed by atoms with E-state index < -0.39 is 5.97 Å². The summed E-state index contributed by atoms with van der Waals surface area (Å²) < 4.78 is 5.76. The summed E-state index contributed by atoms with van der Waals surface area (Å²) in [4.78, 5) is 15.5. The highest BCUT2D eigenvalue weighted by atomic mass is 32.1. The summed E-state index contributed by atoms with van der Waals surface area (Å²) in [5, 5.41) is 12.8. The minimum Gasteiger partial charge on any atom is -0.489 e. The molecule has 0 unspecified atom stereocenters. The van der Waals surface area contributed by atoms with Crippen LogP contribution in [0.4, 0.5) is 5.13 Å². The maximum Gasteiger partial charge on any atom is 0.347 e. The molecule has 0 spiro atoms. The van der Waals surface area contributed by atoms with Crippen molar-refractivity contribution in [1.82, 2.24) is 4.98 Å². The molecule has 1 aromatic heterocycles. The van der Waals surface area contributed by atoms with Gasteiger partial charge in [-0.2, -0.15) is 0 Å². The predicted octanol–water partition coefficient (Wildman–Crippen LogP) is 4.34. The van der Waals surface area contributed by atoms with E-state index >= 15 is 0 Å². The number of carboxylic acids is 1. The van der Waals surface area contributed by atoms with E-state index in [4.69, 9.17) is 9.84 Å². The van der Waals surface area contributed by atoms with Crippen LogP contribution in [0.25, 0.3) is 0 Å². The number of carbonyl (C=O) groups is 1. The number of rotatable bonds is 7. The molecule has 0 saturated heterocycles. The lowest BCUT2D eigenvalue weighted by Crippen LogP contribution is -1.99. The molecule has 6 heteroatoms. The van der Waals surface area contributed by atoms with Crippen LogP contribution in [-0.4, -0.2) is 16.1 Å². The van der Waals surface area contributed by atoms with Gasteiger partial charge in [0.25, 0.3) is 0 Å². The summed E-state index contributed by atoms with van der Waals surface area (Å²) in [6.07, 6.45) is 0. The summed E-state index contributed by atoms with van der Waals surface area (Å²) in [6, 6.07) is 17.8. The highest BCUT2D eigenvalue weighted by molar-refractivity contribution is 7.17. The molecule has 0 aliphatic carbocycles. The zero-order valence-corrected chi connectivity index (χ0v) is 14.5. The quantitative estimate of drug-likeness (QED) is 0.660. The molecule has 1 heterocycles. The number of benzene rings is 2. The molecule has 0 fully saturated rings. The molecule has 0 saturated carbocycles. The van der Waals surface area contributed by atoms with Crippen LogP contribution in [0.5, 0.6) is 5.75 Å². The zero-order valence-electron chi connectivity index (χ0n) is 13.7. The van der Waals surface area contributed by atoms with E-state index in [-0.39, 0.29) is 4.88 Å². The van der Waals surface area contributed by atoms with Gasteiger partial charge in [0.15, 0.2) is 5.13 Å². The Bertz CT molecular complexity index is 845. The fraction of sp³-hybridized carbons (Fsp3) is 0.158. The molecule has 128 valence electrons. The van der Waals surface area contributed by atoms with E-state index in [1.165, 1.54) is 0 Å².